The lowest BCUT2D eigenvalue weighted by Crippen LogP contribution is -2.27. The lowest BCUT2D eigenvalue weighted by atomic mass is 9.76. The Hall–Kier alpha value is -3.34. The van der Waals surface area contributed by atoms with Gasteiger partial charge in [0.25, 0.3) is 0 Å². The maximum absolute atomic E-state index is 13.0. The second-order valence-electron chi connectivity index (χ2n) is 7.60. The first-order chi connectivity index (χ1) is 14.2. The molecule has 1 aliphatic heterocycles. The van der Waals surface area contributed by atoms with Crippen molar-refractivity contribution in [2.24, 2.45) is 0 Å². The molecular weight excluding hydrogens is 362 g/mol. The van der Waals surface area contributed by atoms with Gasteiger partial charge in [0.1, 0.15) is 11.6 Å². The Morgan fingerprint density at radius 1 is 1.07 bits per heavy atom. The van der Waals surface area contributed by atoms with Gasteiger partial charge in [0.2, 0.25) is 0 Å². The van der Waals surface area contributed by atoms with Gasteiger partial charge in [0.15, 0.2) is 5.78 Å². The number of aryl methyl sites for hydroxylation is 1. The molecule has 0 spiro atoms. The van der Waals surface area contributed by atoms with Gasteiger partial charge < -0.3 is 10.1 Å². The molecule has 1 aliphatic carbocycles. The Morgan fingerprint density at radius 3 is 2.55 bits per heavy atom. The van der Waals surface area contributed by atoms with Gasteiger partial charge in [-0.25, -0.2) is 4.68 Å². The van der Waals surface area contributed by atoms with E-state index in [1.54, 1.807) is 7.11 Å². The zero-order valence-electron chi connectivity index (χ0n) is 16.6. The minimum Gasteiger partial charge on any atom is -0.497 e. The van der Waals surface area contributed by atoms with Crippen LogP contribution < -0.4 is 10.1 Å². The van der Waals surface area contributed by atoms with Crippen LogP contribution in [0.4, 0.5) is 5.82 Å². The van der Waals surface area contributed by atoms with Crippen LogP contribution in [-0.2, 0) is 4.79 Å². The quantitative estimate of drug-likeness (QED) is 0.707. The van der Waals surface area contributed by atoms with Crippen LogP contribution in [-0.4, -0.2) is 22.7 Å². The van der Waals surface area contributed by atoms with Crippen molar-refractivity contribution in [3.63, 3.8) is 0 Å². The summed E-state index contributed by atoms with van der Waals surface area (Å²) in [5.41, 5.74) is 6.03. The number of benzene rings is 2. The number of hydrogen-bond donors (Lipinski definition) is 1. The van der Waals surface area contributed by atoms with E-state index in [2.05, 4.69) is 17.4 Å². The standard InChI is InChI=1S/C24H23N3O2/c1-15-21-22(16-11-13-18(29-2)14-12-16)23-19(9-6-10-20(23)28)25-24(21)27(26-15)17-7-4-3-5-8-17/h3-5,7-8,11-14,22,25H,6,9-10H2,1-2H3. The number of carbonyl (C=O) groups excluding carboxylic acids is 1. The van der Waals surface area contributed by atoms with Crippen molar-refractivity contribution in [1.29, 1.82) is 0 Å². The highest BCUT2D eigenvalue weighted by molar-refractivity contribution is 6.01. The van der Waals surface area contributed by atoms with Crippen LogP contribution in [0.25, 0.3) is 5.69 Å². The van der Waals surface area contributed by atoms with Gasteiger partial charge in [-0.15, -0.1) is 0 Å². The number of allylic oxidation sites excluding steroid dienone is 2. The molecule has 1 unspecified atom stereocenters. The third-order valence-corrected chi connectivity index (χ3v) is 5.86. The number of rotatable bonds is 3. The van der Waals surface area contributed by atoms with Crippen LogP contribution >= 0.6 is 0 Å². The van der Waals surface area contributed by atoms with Gasteiger partial charge >= 0.3 is 0 Å². The Bertz CT molecular complexity index is 1110. The number of aromatic nitrogens is 2. The molecule has 1 aromatic heterocycles. The number of Topliss-reactive ketones (excluding diaryl/α,β-unsaturated/α-hetero) is 1. The molecule has 146 valence electrons. The molecule has 1 atom stereocenters. The van der Waals surface area contributed by atoms with E-state index in [1.807, 2.05) is 54.1 Å². The predicted octanol–water partition coefficient (Wildman–Crippen LogP) is 4.75. The number of methoxy groups -OCH3 is 1. The van der Waals surface area contributed by atoms with E-state index in [-0.39, 0.29) is 11.7 Å². The molecular formula is C24H23N3O2. The third-order valence-electron chi connectivity index (χ3n) is 5.86. The summed E-state index contributed by atoms with van der Waals surface area (Å²) in [4.78, 5) is 13.0. The number of carbonyl (C=O) groups is 1. The maximum atomic E-state index is 13.0. The van der Waals surface area contributed by atoms with Crippen LogP contribution in [0.5, 0.6) is 5.75 Å². The number of ketones is 1. The Kier molecular flexibility index (Phi) is 4.23. The number of anilines is 1. The average Bonchev–Trinajstić information content (AvgIpc) is 3.09. The smallest absolute Gasteiger partial charge is 0.161 e. The molecule has 0 bridgehead atoms. The molecule has 1 N–H and O–H groups in total. The first-order valence-electron chi connectivity index (χ1n) is 9.99. The SMILES string of the molecule is COc1ccc(C2C3=C(CCCC3=O)Nc3c2c(C)nn3-c2ccccc2)cc1. The van der Waals surface area contributed by atoms with E-state index in [4.69, 9.17) is 9.84 Å². The topological polar surface area (TPSA) is 56.1 Å². The zero-order chi connectivity index (χ0) is 20.0. The van der Waals surface area contributed by atoms with Crippen molar-refractivity contribution < 1.29 is 9.53 Å². The van der Waals surface area contributed by atoms with Crippen molar-refractivity contribution in [3.8, 4) is 11.4 Å². The first-order valence-corrected chi connectivity index (χ1v) is 9.99. The van der Waals surface area contributed by atoms with Crippen molar-refractivity contribution in [3.05, 3.63) is 82.7 Å². The van der Waals surface area contributed by atoms with Gasteiger partial charge in [0, 0.05) is 29.2 Å². The molecule has 2 aromatic carbocycles. The van der Waals surface area contributed by atoms with E-state index in [0.717, 1.165) is 58.2 Å². The summed E-state index contributed by atoms with van der Waals surface area (Å²) in [6, 6.07) is 18.2. The van der Waals surface area contributed by atoms with E-state index in [1.165, 1.54) is 0 Å². The fraction of sp³-hybridized carbons (Fsp3) is 0.250. The highest BCUT2D eigenvalue weighted by atomic mass is 16.5. The van der Waals surface area contributed by atoms with Gasteiger partial charge in [-0.1, -0.05) is 30.3 Å². The normalized spacial score (nSPS) is 18.1. The van der Waals surface area contributed by atoms with Crippen molar-refractivity contribution >= 4 is 11.6 Å². The molecule has 0 amide bonds. The minimum absolute atomic E-state index is 0.114. The maximum Gasteiger partial charge on any atom is 0.161 e. The van der Waals surface area contributed by atoms with Crippen molar-refractivity contribution in [1.82, 2.24) is 9.78 Å². The molecule has 0 fully saturated rings. The largest absolute Gasteiger partial charge is 0.497 e. The second-order valence-corrected chi connectivity index (χ2v) is 7.60. The minimum atomic E-state index is -0.114. The van der Waals surface area contributed by atoms with E-state index in [9.17, 15) is 4.79 Å². The Morgan fingerprint density at radius 2 is 1.83 bits per heavy atom. The fourth-order valence-electron chi connectivity index (χ4n) is 4.51. The zero-order valence-corrected chi connectivity index (χ0v) is 16.6. The highest BCUT2D eigenvalue weighted by Crippen LogP contribution is 2.47. The van der Waals surface area contributed by atoms with Crippen molar-refractivity contribution in [2.75, 3.05) is 12.4 Å². The number of fused-ring (bicyclic) bond motifs is 1. The van der Waals surface area contributed by atoms with E-state index >= 15 is 0 Å². The van der Waals surface area contributed by atoms with Gasteiger partial charge in [-0.05, 0) is 49.6 Å². The Labute approximate surface area is 170 Å². The van der Waals surface area contributed by atoms with E-state index in [0.29, 0.717) is 6.42 Å². The lowest BCUT2D eigenvalue weighted by molar-refractivity contribution is -0.116. The predicted molar refractivity (Wildman–Crippen MR) is 113 cm³/mol. The van der Waals surface area contributed by atoms with Gasteiger partial charge in [0.05, 0.1) is 18.5 Å². The summed E-state index contributed by atoms with van der Waals surface area (Å²) in [6.45, 7) is 2.02. The van der Waals surface area contributed by atoms with Gasteiger partial charge in [-0.3, -0.25) is 4.79 Å². The second kappa shape index (κ2) is 6.92. The highest BCUT2D eigenvalue weighted by Gasteiger charge is 2.38. The summed E-state index contributed by atoms with van der Waals surface area (Å²) in [6.07, 6.45) is 2.37. The molecule has 0 saturated heterocycles. The monoisotopic (exact) mass is 385 g/mol. The summed E-state index contributed by atoms with van der Waals surface area (Å²) >= 11 is 0. The molecule has 5 heteroatoms. The summed E-state index contributed by atoms with van der Waals surface area (Å²) < 4.78 is 7.29. The fourth-order valence-corrected chi connectivity index (χ4v) is 4.51. The molecule has 2 aliphatic rings. The van der Waals surface area contributed by atoms with Crippen LogP contribution in [0.15, 0.2) is 65.9 Å². The summed E-state index contributed by atoms with van der Waals surface area (Å²) in [7, 11) is 1.66. The van der Waals surface area contributed by atoms with Crippen LogP contribution in [0.2, 0.25) is 0 Å². The summed E-state index contributed by atoms with van der Waals surface area (Å²) in [5.74, 6) is 1.89. The lowest BCUT2D eigenvalue weighted by Gasteiger charge is -2.33. The van der Waals surface area contributed by atoms with Crippen molar-refractivity contribution in [2.45, 2.75) is 32.1 Å². The Balaban J connectivity index is 1.73. The van der Waals surface area contributed by atoms with Crippen LogP contribution in [0.3, 0.4) is 0 Å². The number of hydrogen-bond acceptors (Lipinski definition) is 4. The van der Waals surface area contributed by atoms with E-state index < -0.39 is 0 Å². The molecule has 3 aromatic rings. The average molecular weight is 385 g/mol. The molecule has 5 nitrogen and oxygen atoms in total. The first kappa shape index (κ1) is 17.7. The molecule has 0 radical (unpaired) electrons. The third kappa shape index (κ3) is 2.85. The summed E-state index contributed by atoms with van der Waals surface area (Å²) in [5, 5.41) is 8.42. The number of nitrogens with zero attached hydrogens (tertiary/aromatic N) is 2. The molecule has 0 saturated carbocycles. The molecule has 29 heavy (non-hydrogen) atoms. The van der Waals surface area contributed by atoms with Crippen LogP contribution in [0, 0.1) is 6.92 Å². The molecule has 2 heterocycles. The number of ether oxygens (including phenoxy) is 1. The van der Waals surface area contributed by atoms with Gasteiger partial charge in [-0.2, -0.15) is 5.10 Å². The molecule has 5 rings (SSSR count). The van der Waals surface area contributed by atoms with Crippen LogP contribution in [0.1, 0.15) is 42.0 Å². The number of nitrogens with one attached hydrogen (secondary N) is 1. The number of para-hydroxylation sites is 1.